The van der Waals surface area contributed by atoms with Crippen molar-refractivity contribution in [3.63, 3.8) is 0 Å². The summed E-state index contributed by atoms with van der Waals surface area (Å²) in [7, 11) is 0. The second-order valence-electron chi connectivity index (χ2n) is 3.67. The smallest absolute Gasteiger partial charge is 0.319 e. The molecule has 0 aromatic heterocycles. The van der Waals surface area contributed by atoms with Gasteiger partial charge in [0.25, 0.3) is 0 Å². The molecule has 0 atom stereocenters. The largest absolute Gasteiger partial charge is 0.480 e. The summed E-state index contributed by atoms with van der Waals surface area (Å²) >= 11 is 7.05. The fourth-order valence-corrected chi connectivity index (χ4v) is 2.27. The van der Waals surface area contributed by atoms with Gasteiger partial charge in [0.2, 0.25) is 0 Å². The molecule has 0 saturated heterocycles. The molecule has 84 valence electrons. The lowest BCUT2D eigenvalue weighted by Crippen LogP contribution is -2.26. The van der Waals surface area contributed by atoms with Crippen molar-refractivity contribution in [2.75, 3.05) is 0 Å². The van der Waals surface area contributed by atoms with Crippen molar-refractivity contribution in [1.82, 2.24) is 0 Å². The number of hydrogen-bond donors (Lipinski definition) is 1. The van der Waals surface area contributed by atoms with E-state index >= 15 is 0 Å². The van der Waals surface area contributed by atoms with Crippen LogP contribution in [-0.4, -0.2) is 15.8 Å². The summed E-state index contributed by atoms with van der Waals surface area (Å²) in [5, 5.41) is 18.0. The summed E-state index contributed by atoms with van der Waals surface area (Å²) in [6, 6.07) is 6.84. The SMILES string of the molecule is CC(C)(Sc1ccc(C#N)c(Cl)c1)C(=O)O. The number of benzene rings is 1. The van der Waals surface area contributed by atoms with Gasteiger partial charge in [0.05, 0.1) is 10.6 Å². The molecule has 0 amide bonds. The summed E-state index contributed by atoms with van der Waals surface area (Å²) in [4.78, 5) is 11.7. The maximum absolute atomic E-state index is 10.9. The van der Waals surface area contributed by atoms with E-state index in [0.29, 0.717) is 10.6 Å². The third kappa shape index (κ3) is 2.91. The number of hydrogen-bond acceptors (Lipinski definition) is 3. The van der Waals surface area contributed by atoms with Crippen LogP contribution in [0.15, 0.2) is 23.1 Å². The number of rotatable bonds is 3. The van der Waals surface area contributed by atoms with Gasteiger partial charge in [-0.15, -0.1) is 11.8 Å². The summed E-state index contributed by atoms with van der Waals surface area (Å²) in [6.45, 7) is 3.23. The Morgan fingerprint density at radius 3 is 2.62 bits per heavy atom. The van der Waals surface area contributed by atoms with E-state index in [0.717, 1.165) is 4.90 Å². The standard InChI is InChI=1S/C11H10ClNO2S/c1-11(2,10(14)15)16-8-4-3-7(6-13)9(12)5-8/h3-5H,1-2H3,(H,14,15). The third-order valence-corrected chi connectivity index (χ3v) is 3.44. The number of aliphatic carboxylic acids is 1. The second-order valence-corrected chi connectivity index (χ2v) is 5.77. The molecule has 0 aliphatic rings. The minimum atomic E-state index is -0.919. The van der Waals surface area contributed by atoms with Crippen LogP contribution in [0.25, 0.3) is 0 Å². The Balaban J connectivity index is 2.97. The van der Waals surface area contributed by atoms with Gasteiger partial charge in [0.1, 0.15) is 10.8 Å². The number of halogens is 1. The van der Waals surface area contributed by atoms with Gasteiger partial charge in [-0.2, -0.15) is 5.26 Å². The lowest BCUT2D eigenvalue weighted by atomic mass is 10.2. The van der Waals surface area contributed by atoms with E-state index in [-0.39, 0.29) is 0 Å². The Hall–Kier alpha value is -1.18. The average Bonchev–Trinajstić information content (AvgIpc) is 2.17. The van der Waals surface area contributed by atoms with Crippen LogP contribution >= 0.6 is 23.4 Å². The van der Waals surface area contributed by atoms with Gasteiger partial charge >= 0.3 is 5.97 Å². The zero-order chi connectivity index (χ0) is 12.3. The first-order valence-electron chi connectivity index (χ1n) is 4.49. The van der Waals surface area contributed by atoms with Crippen molar-refractivity contribution in [2.24, 2.45) is 0 Å². The summed E-state index contributed by atoms with van der Waals surface area (Å²) in [5.74, 6) is -0.891. The Morgan fingerprint density at radius 2 is 2.19 bits per heavy atom. The minimum absolute atomic E-state index is 0.341. The highest BCUT2D eigenvalue weighted by atomic mass is 35.5. The highest BCUT2D eigenvalue weighted by Gasteiger charge is 2.28. The number of nitrogens with zero attached hydrogens (tertiary/aromatic N) is 1. The van der Waals surface area contributed by atoms with E-state index in [1.165, 1.54) is 11.8 Å². The number of thioether (sulfide) groups is 1. The van der Waals surface area contributed by atoms with E-state index in [2.05, 4.69) is 0 Å². The molecule has 0 saturated carbocycles. The van der Waals surface area contributed by atoms with Gasteiger partial charge in [-0.3, -0.25) is 4.79 Å². The summed E-state index contributed by atoms with van der Waals surface area (Å²) in [6.07, 6.45) is 0. The Morgan fingerprint density at radius 1 is 1.56 bits per heavy atom. The fourth-order valence-electron chi connectivity index (χ4n) is 0.988. The van der Waals surface area contributed by atoms with E-state index in [9.17, 15) is 4.79 Å². The third-order valence-electron chi connectivity index (χ3n) is 1.95. The predicted octanol–water partition coefficient (Wildman–Crippen LogP) is 3.17. The van der Waals surface area contributed by atoms with E-state index < -0.39 is 10.7 Å². The molecule has 0 fully saturated rings. The van der Waals surface area contributed by atoms with Crippen molar-refractivity contribution >= 4 is 29.3 Å². The Kier molecular flexibility index (Phi) is 3.84. The average molecular weight is 256 g/mol. The molecule has 16 heavy (non-hydrogen) atoms. The number of carboxylic acid groups (broad SMARTS) is 1. The topological polar surface area (TPSA) is 61.1 Å². The quantitative estimate of drug-likeness (QED) is 0.843. The van der Waals surface area contributed by atoms with Crippen molar-refractivity contribution in [3.8, 4) is 6.07 Å². The molecule has 1 aromatic carbocycles. The van der Waals surface area contributed by atoms with Crippen LogP contribution in [0.3, 0.4) is 0 Å². The van der Waals surface area contributed by atoms with Crippen LogP contribution in [-0.2, 0) is 4.79 Å². The molecule has 0 bridgehead atoms. The zero-order valence-electron chi connectivity index (χ0n) is 8.82. The van der Waals surface area contributed by atoms with Crippen LogP contribution in [0, 0.1) is 11.3 Å². The molecule has 1 rings (SSSR count). The molecule has 5 heteroatoms. The lowest BCUT2D eigenvalue weighted by molar-refractivity contribution is -0.138. The van der Waals surface area contributed by atoms with Crippen molar-refractivity contribution in [1.29, 1.82) is 5.26 Å². The fraction of sp³-hybridized carbons (Fsp3) is 0.273. The number of nitriles is 1. The molecule has 0 heterocycles. The highest BCUT2D eigenvalue weighted by Crippen LogP contribution is 2.34. The van der Waals surface area contributed by atoms with Crippen LogP contribution in [0.1, 0.15) is 19.4 Å². The van der Waals surface area contributed by atoms with Crippen molar-refractivity contribution in [2.45, 2.75) is 23.5 Å². The molecule has 0 aliphatic heterocycles. The van der Waals surface area contributed by atoms with Gasteiger partial charge in [-0.1, -0.05) is 11.6 Å². The lowest BCUT2D eigenvalue weighted by Gasteiger charge is -2.18. The molecule has 3 nitrogen and oxygen atoms in total. The first-order chi connectivity index (χ1) is 7.36. The first kappa shape index (κ1) is 12.9. The zero-order valence-corrected chi connectivity index (χ0v) is 10.4. The molecular formula is C11H10ClNO2S. The molecule has 0 spiro atoms. The van der Waals surface area contributed by atoms with Gasteiger partial charge < -0.3 is 5.11 Å². The van der Waals surface area contributed by atoms with Crippen molar-refractivity contribution < 1.29 is 9.90 Å². The minimum Gasteiger partial charge on any atom is -0.480 e. The number of carbonyl (C=O) groups is 1. The van der Waals surface area contributed by atoms with Gasteiger partial charge in [0.15, 0.2) is 0 Å². The van der Waals surface area contributed by atoms with Gasteiger partial charge in [0, 0.05) is 4.90 Å². The maximum atomic E-state index is 10.9. The molecule has 0 unspecified atom stereocenters. The maximum Gasteiger partial charge on any atom is 0.319 e. The Bertz CT molecular complexity index is 466. The van der Waals surface area contributed by atoms with Crippen LogP contribution in [0.5, 0.6) is 0 Å². The molecule has 1 N–H and O–H groups in total. The van der Waals surface area contributed by atoms with E-state index in [1.807, 2.05) is 6.07 Å². The summed E-state index contributed by atoms with van der Waals surface area (Å²) in [5.41, 5.74) is 0.388. The van der Waals surface area contributed by atoms with Gasteiger partial charge in [-0.05, 0) is 32.0 Å². The monoisotopic (exact) mass is 255 g/mol. The molecule has 0 aliphatic carbocycles. The number of carboxylic acids is 1. The first-order valence-corrected chi connectivity index (χ1v) is 5.68. The van der Waals surface area contributed by atoms with Crippen molar-refractivity contribution in [3.05, 3.63) is 28.8 Å². The second kappa shape index (κ2) is 4.77. The van der Waals surface area contributed by atoms with E-state index in [4.69, 9.17) is 22.0 Å². The normalized spacial score (nSPS) is 10.9. The van der Waals surface area contributed by atoms with E-state index in [1.54, 1.807) is 32.0 Å². The Labute approximate surface area is 103 Å². The molecule has 0 radical (unpaired) electrons. The van der Waals surface area contributed by atoms with Crippen LogP contribution in [0.2, 0.25) is 5.02 Å². The van der Waals surface area contributed by atoms with Gasteiger partial charge in [-0.25, -0.2) is 0 Å². The highest BCUT2D eigenvalue weighted by molar-refractivity contribution is 8.01. The summed E-state index contributed by atoms with van der Waals surface area (Å²) < 4.78 is -0.919. The van der Waals surface area contributed by atoms with Crippen LogP contribution < -0.4 is 0 Å². The van der Waals surface area contributed by atoms with Crippen LogP contribution in [0.4, 0.5) is 0 Å². The molecular weight excluding hydrogens is 246 g/mol. The predicted molar refractivity (Wildman–Crippen MR) is 63.7 cm³/mol. The molecule has 1 aromatic rings.